The van der Waals surface area contributed by atoms with Crippen molar-refractivity contribution in [3.8, 4) is 28.7 Å². The molecule has 0 unspecified atom stereocenters. The summed E-state index contributed by atoms with van der Waals surface area (Å²) in [5.74, 6) is 1.64. The number of hydrogen-bond acceptors (Lipinski definition) is 8. The van der Waals surface area contributed by atoms with Crippen LogP contribution in [0.4, 0.5) is 5.69 Å². The van der Waals surface area contributed by atoms with Crippen LogP contribution in [-0.2, 0) is 0 Å². The Kier molecular flexibility index (Phi) is 6.04. The summed E-state index contributed by atoms with van der Waals surface area (Å²) in [6.07, 6.45) is 1.39. The summed E-state index contributed by atoms with van der Waals surface area (Å²) < 4.78 is 19.3. The van der Waals surface area contributed by atoms with Crippen LogP contribution in [0.1, 0.15) is 5.76 Å². The number of non-ortho nitro benzene ring substituents is 1. The Morgan fingerprint density at radius 2 is 1.87 bits per heavy atom. The van der Waals surface area contributed by atoms with Crippen LogP contribution in [0.3, 0.4) is 0 Å². The number of nitro benzene ring substituents is 1. The predicted molar refractivity (Wildman–Crippen MR) is 149 cm³/mol. The summed E-state index contributed by atoms with van der Waals surface area (Å²) in [4.78, 5) is 28.8. The molecule has 0 N–H and O–H groups in total. The molecule has 39 heavy (non-hydrogen) atoms. The number of fused-ring (bicyclic) bond motifs is 2. The number of ether oxygens (including phenoxy) is 1. The highest BCUT2D eigenvalue weighted by atomic mass is 79.9. The zero-order chi connectivity index (χ0) is 27.1. The van der Waals surface area contributed by atoms with Crippen molar-refractivity contribution in [1.29, 1.82) is 0 Å². The monoisotopic (exact) mass is 584 g/mol. The average molecular weight is 585 g/mol. The molecule has 3 aromatic heterocycles. The molecule has 192 valence electrons. The van der Waals surface area contributed by atoms with E-state index in [2.05, 4.69) is 26.0 Å². The number of nitro groups is 1. The molecule has 0 saturated heterocycles. The fraction of sp³-hybridized carbons (Fsp3) is 0.0357. The van der Waals surface area contributed by atoms with E-state index in [1.807, 2.05) is 18.2 Å². The van der Waals surface area contributed by atoms with Crippen molar-refractivity contribution in [1.82, 2.24) is 9.66 Å². The van der Waals surface area contributed by atoms with Gasteiger partial charge in [0.05, 0.1) is 40.8 Å². The van der Waals surface area contributed by atoms with Crippen LogP contribution in [-0.4, -0.2) is 27.9 Å². The molecule has 0 amide bonds. The number of benzene rings is 3. The largest absolute Gasteiger partial charge is 0.496 e. The Bertz CT molecular complexity index is 1990. The average Bonchev–Trinajstić information content (AvgIpc) is 3.59. The summed E-state index contributed by atoms with van der Waals surface area (Å²) in [5, 5.41) is 16.8. The minimum atomic E-state index is -0.500. The maximum Gasteiger partial charge on any atom is 0.282 e. The summed E-state index contributed by atoms with van der Waals surface area (Å²) in [6, 6.07) is 22.0. The van der Waals surface area contributed by atoms with E-state index in [0.717, 1.165) is 9.86 Å². The second kappa shape index (κ2) is 9.69. The molecule has 0 bridgehead atoms. The van der Waals surface area contributed by atoms with E-state index < -0.39 is 4.92 Å². The van der Waals surface area contributed by atoms with Crippen molar-refractivity contribution in [3.63, 3.8) is 0 Å². The van der Waals surface area contributed by atoms with Gasteiger partial charge in [-0.2, -0.15) is 9.78 Å². The van der Waals surface area contributed by atoms with E-state index in [4.69, 9.17) is 13.6 Å². The smallest absolute Gasteiger partial charge is 0.282 e. The molecular weight excluding hydrogens is 568 g/mol. The normalized spacial score (nSPS) is 11.5. The Morgan fingerprint density at radius 1 is 1.03 bits per heavy atom. The molecule has 0 fully saturated rings. The van der Waals surface area contributed by atoms with Crippen molar-refractivity contribution in [3.05, 3.63) is 110 Å². The number of para-hydroxylation sites is 1. The second-order valence-corrected chi connectivity index (χ2v) is 9.37. The fourth-order valence-electron chi connectivity index (χ4n) is 4.19. The van der Waals surface area contributed by atoms with Crippen molar-refractivity contribution in [2.45, 2.75) is 0 Å². The number of methoxy groups -OCH3 is 1. The third-order valence-corrected chi connectivity index (χ3v) is 6.53. The molecule has 10 nitrogen and oxygen atoms in total. The second-order valence-electron chi connectivity index (χ2n) is 8.45. The van der Waals surface area contributed by atoms with Crippen LogP contribution in [0.15, 0.2) is 102 Å². The van der Waals surface area contributed by atoms with Crippen molar-refractivity contribution in [2.24, 2.45) is 5.10 Å². The molecule has 0 aliphatic heterocycles. The van der Waals surface area contributed by atoms with E-state index in [1.165, 1.54) is 30.1 Å². The fourth-order valence-corrected chi connectivity index (χ4v) is 4.57. The van der Waals surface area contributed by atoms with E-state index >= 15 is 0 Å². The summed E-state index contributed by atoms with van der Waals surface area (Å²) in [5.41, 5.74) is 1.20. The first-order chi connectivity index (χ1) is 18.9. The molecule has 0 saturated carbocycles. The minimum Gasteiger partial charge on any atom is -0.496 e. The number of aromatic nitrogens is 2. The zero-order valence-corrected chi connectivity index (χ0v) is 21.8. The van der Waals surface area contributed by atoms with E-state index in [0.29, 0.717) is 39.3 Å². The van der Waals surface area contributed by atoms with E-state index in [-0.39, 0.29) is 22.8 Å². The Morgan fingerprint density at radius 3 is 2.69 bits per heavy atom. The highest BCUT2D eigenvalue weighted by Crippen LogP contribution is 2.34. The van der Waals surface area contributed by atoms with Gasteiger partial charge in [0.15, 0.2) is 5.76 Å². The Hall–Kier alpha value is -5.03. The molecule has 6 aromatic rings. The third kappa shape index (κ3) is 4.48. The molecule has 3 heterocycles. The summed E-state index contributed by atoms with van der Waals surface area (Å²) >= 11 is 3.46. The van der Waals surface area contributed by atoms with Gasteiger partial charge in [0.25, 0.3) is 11.2 Å². The van der Waals surface area contributed by atoms with Crippen LogP contribution in [0, 0.1) is 10.1 Å². The van der Waals surface area contributed by atoms with Gasteiger partial charge >= 0.3 is 0 Å². The third-order valence-electron chi connectivity index (χ3n) is 6.04. The first kappa shape index (κ1) is 24.3. The number of hydrogen-bond donors (Lipinski definition) is 0. The molecule has 11 heteroatoms. The highest BCUT2D eigenvalue weighted by molar-refractivity contribution is 9.10. The number of rotatable bonds is 6. The number of nitrogens with zero attached hydrogens (tertiary/aromatic N) is 4. The van der Waals surface area contributed by atoms with Gasteiger partial charge in [-0.05, 0) is 54.6 Å². The molecule has 0 atom stereocenters. The van der Waals surface area contributed by atoms with Gasteiger partial charge < -0.3 is 13.6 Å². The quantitative estimate of drug-likeness (QED) is 0.122. The Labute approximate surface area is 228 Å². The molecular formula is C28H17BrN4O6. The van der Waals surface area contributed by atoms with Crippen LogP contribution in [0.5, 0.6) is 5.75 Å². The van der Waals surface area contributed by atoms with Gasteiger partial charge in [0.1, 0.15) is 22.9 Å². The summed E-state index contributed by atoms with van der Waals surface area (Å²) in [6.45, 7) is 0. The Balaban J connectivity index is 1.43. The van der Waals surface area contributed by atoms with Crippen molar-refractivity contribution in [2.75, 3.05) is 7.11 Å². The molecule has 0 aliphatic carbocycles. The minimum absolute atomic E-state index is 0.0994. The van der Waals surface area contributed by atoms with E-state index in [1.54, 1.807) is 48.5 Å². The van der Waals surface area contributed by atoms with Crippen LogP contribution in [0.2, 0.25) is 0 Å². The van der Waals surface area contributed by atoms with Crippen molar-refractivity contribution >= 4 is 49.7 Å². The molecule has 6 rings (SSSR count). The predicted octanol–water partition coefficient (Wildman–Crippen LogP) is 6.63. The lowest BCUT2D eigenvalue weighted by Crippen LogP contribution is -2.20. The van der Waals surface area contributed by atoms with Crippen molar-refractivity contribution < 1.29 is 18.5 Å². The topological polar surface area (TPSA) is 126 Å². The van der Waals surface area contributed by atoms with E-state index in [9.17, 15) is 14.9 Å². The molecule has 0 radical (unpaired) electrons. The molecule has 0 aliphatic rings. The van der Waals surface area contributed by atoms with Gasteiger partial charge in [-0.25, -0.2) is 4.98 Å². The van der Waals surface area contributed by atoms with Gasteiger partial charge in [0.2, 0.25) is 5.82 Å². The first-order valence-corrected chi connectivity index (χ1v) is 12.4. The van der Waals surface area contributed by atoms with Gasteiger partial charge in [0, 0.05) is 15.9 Å². The zero-order valence-electron chi connectivity index (χ0n) is 20.2. The summed E-state index contributed by atoms with van der Waals surface area (Å²) in [7, 11) is 1.42. The van der Waals surface area contributed by atoms with Gasteiger partial charge in [-0.1, -0.05) is 28.1 Å². The maximum atomic E-state index is 13.5. The number of furan rings is 2. The lowest BCUT2D eigenvalue weighted by molar-refractivity contribution is -0.384. The standard InChI is InChI=1S/C28H17BrN4O6/c1-37-25-14-18(33(35)36)7-9-21(25)24-11-8-19(38-24)15-30-32-27(31-22-5-3-2-4-20(22)28(32)34)26-13-16-12-17(29)6-10-23(16)39-26/h2-15H,1H3. The highest BCUT2D eigenvalue weighted by Gasteiger charge is 2.18. The van der Waals surface area contributed by atoms with Gasteiger partial charge in [-0.3, -0.25) is 14.9 Å². The van der Waals surface area contributed by atoms with Crippen LogP contribution >= 0.6 is 15.9 Å². The SMILES string of the molecule is COc1cc([N+](=O)[O-])ccc1-c1ccc(C=Nn2c(-c3cc4cc(Br)ccc4o3)nc3ccccc3c2=O)o1. The number of halogens is 1. The van der Waals surface area contributed by atoms with Crippen LogP contribution in [0.25, 0.3) is 44.8 Å². The maximum absolute atomic E-state index is 13.5. The van der Waals surface area contributed by atoms with Crippen LogP contribution < -0.4 is 10.3 Å². The van der Waals surface area contributed by atoms with Gasteiger partial charge in [-0.15, -0.1) is 0 Å². The lowest BCUT2D eigenvalue weighted by Gasteiger charge is -2.07. The molecule has 0 spiro atoms. The first-order valence-electron chi connectivity index (χ1n) is 11.6. The lowest BCUT2D eigenvalue weighted by atomic mass is 10.1. The molecule has 3 aromatic carbocycles.